The summed E-state index contributed by atoms with van der Waals surface area (Å²) in [5.74, 6) is 1.32. The van der Waals surface area contributed by atoms with Crippen LogP contribution in [0.1, 0.15) is 18.4 Å². The minimum atomic E-state index is -0.512. The molecule has 8 rings (SSSR count). The van der Waals surface area contributed by atoms with Crippen molar-refractivity contribution in [2.45, 2.75) is 19.4 Å². The van der Waals surface area contributed by atoms with Crippen molar-refractivity contribution in [3.8, 4) is 34.1 Å². The summed E-state index contributed by atoms with van der Waals surface area (Å²) in [6, 6.07) is 26.5. The minimum absolute atomic E-state index is 0.112. The number of methoxy groups -OCH3 is 1. The zero-order valence-corrected chi connectivity index (χ0v) is 25.5. The number of hydrogen-bond acceptors (Lipinski definition) is 9. The van der Waals surface area contributed by atoms with Crippen LogP contribution in [0.3, 0.4) is 0 Å². The van der Waals surface area contributed by atoms with E-state index in [1.165, 1.54) is 12.7 Å². The Hall–Kier alpha value is -5.35. The van der Waals surface area contributed by atoms with Gasteiger partial charge in [-0.25, -0.2) is 15.0 Å². The van der Waals surface area contributed by atoms with Crippen LogP contribution in [0.5, 0.6) is 5.75 Å². The largest absolute Gasteiger partial charge is 0.491 e. The lowest BCUT2D eigenvalue weighted by atomic mass is 9.86. The van der Waals surface area contributed by atoms with Gasteiger partial charge in [-0.2, -0.15) is 0 Å². The third-order valence-electron chi connectivity index (χ3n) is 9.57. The van der Waals surface area contributed by atoms with Gasteiger partial charge in [0.1, 0.15) is 17.0 Å². The number of nitrogens with zero attached hydrogens (tertiary/aromatic N) is 6. The molecule has 3 aromatic carbocycles. The van der Waals surface area contributed by atoms with Gasteiger partial charge in [-0.15, -0.1) is 0 Å². The number of imidazole rings is 1. The van der Waals surface area contributed by atoms with Crippen molar-refractivity contribution in [2.75, 3.05) is 43.9 Å². The van der Waals surface area contributed by atoms with Crippen molar-refractivity contribution in [3.63, 3.8) is 0 Å². The quantitative estimate of drug-likeness (QED) is 0.261. The van der Waals surface area contributed by atoms with Crippen molar-refractivity contribution < 1.29 is 4.74 Å². The lowest BCUT2D eigenvalue weighted by Crippen LogP contribution is -2.41. The number of hydrogen-bond donors (Lipinski definition) is 1. The van der Waals surface area contributed by atoms with E-state index in [1.807, 2.05) is 42.5 Å². The van der Waals surface area contributed by atoms with E-state index >= 15 is 0 Å². The fraction of sp³-hybridized carbons (Fsp3) is 0.250. The number of benzene rings is 2. The molecule has 230 valence electrons. The molecule has 5 heterocycles. The summed E-state index contributed by atoms with van der Waals surface area (Å²) >= 11 is 0. The average Bonchev–Trinajstić information content (AvgIpc) is 3.80. The van der Waals surface area contributed by atoms with Crippen LogP contribution in [0, 0.1) is 5.41 Å². The molecule has 2 N–H and O–H groups in total. The molecule has 1 unspecified atom stereocenters. The van der Waals surface area contributed by atoms with Crippen LogP contribution >= 0.6 is 0 Å². The number of likely N-dealkylation sites (tertiary alicyclic amines) is 1. The zero-order valence-electron chi connectivity index (χ0n) is 25.5. The molecule has 46 heavy (non-hydrogen) atoms. The number of nitrogen functional groups attached to an aromatic ring is 1. The number of ether oxygens (including phenoxy) is 1. The number of rotatable bonds is 7. The topological polar surface area (TPSA) is 119 Å². The monoisotopic (exact) mass is 611 g/mol. The summed E-state index contributed by atoms with van der Waals surface area (Å²) in [6.45, 7) is 4.31. The Kier molecular flexibility index (Phi) is 6.68. The first-order valence-electron chi connectivity index (χ1n) is 15.5. The van der Waals surface area contributed by atoms with E-state index in [9.17, 15) is 9.59 Å². The highest BCUT2D eigenvalue weighted by atomic mass is 16.5. The Morgan fingerprint density at radius 1 is 0.870 bits per heavy atom. The van der Waals surface area contributed by atoms with Gasteiger partial charge in [-0.3, -0.25) is 19.1 Å². The Morgan fingerprint density at radius 3 is 2.46 bits per heavy atom. The van der Waals surface area contributed by atoms with E-state index in [1.54, 1.807) is 6.20 Å². The molecule has 10 heteroatoms. The van der Waals surface area contributed by atoms with E-state index in [-0.39, 0.29) is 11.2 Å². The first-order valence-corrected chi connectivity index (χ1v) is 15.5. The van der Waals surface area contributed by atoms with Crippen molar-refractivity contribution >= 4 is 22.7 Å². The van der Waals surface area contributed by atoms with E-state index in [0.29, 0.717) is 17.3 Å². The maximum Gasteiger partial charge on any atom is 0.272 e. The molecule has 2 aliphatic heterocycles. The Morgan fingerprint density at radius 2 is 1.67 bits per heavy atom. The first-order chi connectivity index (χ1) is 22.4. The van der Waals surface area contributed by atoms with Crippen LogP contribution in [-0.4, -0.2) is 57.7 Å². The summed E-state index contributed by atoms with van der Waals surface area (Å²) in [4.78, 5) is 43.0. The normalized spacial score (nSPS) is 18.3. The number of anilines is 2. The molecular weight excluding hydrogens is 578 g/mol. The number of nitrogens with two attached hydrogens (primary N) is 1. The second-order valence-electron chi connectivity index (χ2n) is 12.5. The van der Waals surface area contributed by atoms with Gasteiger partial charge in [-0.1, -0.05) is 42.5 Å². The molecule has 3 aromatic heterocycles. The maximum absolute atomic E-state index is 12.3. The highest BCUT2D eigenvalue weighted by molar-refractivity contribution is 5.84. The molecule has 2 aliphatic rings. The first kappa shape index (κ1) is 28.1. The van der Waals surface area contributed by atoms with Crippen molar-refractivity contribution in [2.24, 2.45) is 5.41 Å². The van der Waals surface area contributed by atoms with Gasteiger partial charge in [0.15, 0.2) is 17.2 Å². The van der Waals surface area contributed by atoms with Crippen LogP contribution in [0.25, 0.3) is 39.5 Å². The number of aromatic nitrogens is 4. The second kappa shape index (κ2) is 10.9. The molecule has 10 nitrogen and oxygen atoms in total. The highest BCUT2D eigenvalue weighted by Crippen LogP contribution is 2.42. The molecule has 1 spiro atoms. The fourth-order valence-corrected chi connectivity index (χ4v) is 7.22. The van der Waals surface area contributed by atoms with Gasteiger partial charge in [-0.05, 0) is 61.3 Å². The molecular formula is C36H33N7O3. The fourth-order valence-electron chi connectivity index (χ4n) is 7.22. The van der Waals surface area contributed by atoms with Gasteiger partial charge >= 0.3 is 0 Å². The molecule has 2 saturated heterocycles. The van der Waals surface area contributed by atoms with Crippen LogP contribution in [-0.2, 0) is 6.54 Å². The summed E-state index contributed by atoms with van der Waals surface area (Å²) in [6.07, 6.45) is 3.74. The molecule has 0 radical (unpaired) electrons. The summed E-state index contributed by atoms with van der Waals surface area (Å²) in [7, 11) is 1.46. The summed E-state index contributed by atoms with van der Waals surface area (Å²) < 4.78 is 7.27. The summed E-state index contributed by atoms with van der Waals surface area (Å²) in [5, 5.41) is 0. The van der Waals surface area contributed by atoms with E-state index in [0.717, 1.165) is 79.2 Å². The van der Waals surface area contributed by atoms with Gasteiger partial charge in [0.2, 0.25) is 0 Å². The Labute approximate surface area is 265 Å². The SMILES string of the molecule is COc1c(N2CCC3(CCN(Cc4ccc(-n5c(-c6cccnc6N)nc6ccc(-c7ccccc7)nc65)cc4)C3)C2)c(=O)c1=O. The lowest BCUT2D eigenvalue weighted by molar-refractivity contribution is 0.270. The molecule has 0 aliphatic carbocycles. The smallest absolute Gasteiger partial charge is 0.272 e. The molecule has 0 amide bonds. The van der Waals surface area contributed by atoms with Gasteiger partial charge in [0.05, 0.1) is 18.4 Å². The standard InChI is InChI=1S/C36H33N7O3/c1-46-32-29(30(44)31(32)45)42-19-16-36(22-42)15-18-41(21-36)20-23-9-11-25(12-10-23)43-34(26-8-5-17-38-33(26)37)40-28-14-13-27(39-35(28)43)24-6-3-2-4-7-24/h2-14,17H,15-16,18-22H2,1H3,(H2,37,38). The van der Waals surface area contributed by atoms with E-state index < -0.39 is 10.9 Å². The highest BCUT2D eigenvalue weighted by Gasteiger charge is 2.45. The molecule has 2 fully saturated rings. The zero-order chi connectivity index (χ0) is 31.4. The van der Waals surface area contributed by atoms with Crippen LogP contribution in [0.4, 0.5) is 11.5 Å². The van der Waals surface area contributed by atoms with Gasteiger partial charge < -0.3 is 15.4 Å². The molecule has 0 saturated carbocycles. The van der Waals surface area contributed by atoms with Crippen LogP contribution < -0.4 is 26.2 Å². The lowest BCUT2D eigenvalue weighted by Gasteiger charge is -2.26. The molecule has 0 bridgehead atoms. The number of pyridine rings is 2. The van der Waals surface area contributed by atoms with Crippen molar-refractivity contribution in [1.29, 1.82) is 0 Å². The van der Waals surface area contributed by atoms with E-state index in [2.05, 4.69) is 55.7 Å². The summed E-state index contributed by atoms with van der Waals surface area (Å²) in [5.41, 5.74) is 12.3. The molecule has 1 atom stereocenters. The Bertz CT molecular complexity index is 2150. The second-order valence-corrected chi connectivity index (χ2v) is 12.5. The molecule has 6 aromatic rings. The predicted molar refractivity (Wildman–Crippen MR) is 179 cm³/mol. The maximum atomic E-state index is 12.3. The number of fused-ring (bicyclic) bond motifs is 1. The van der Waals surface area contributed by atoms with Crippen molar-refractivity contribution in [3.05, 3.63) is 111 Å². The van der Waals surface area contributed by atoms with E-state index in [4.69, 9.17) is 20.4 Å². The third-order valence-corrected chi connectivity index (χ3v) is 9.57. The van der Waals surface area contributed by atoms with Crippen molar-refractivity contribution in [1.82, 2.24) is 24.4 Å². The Balaban J connectivity index is 1.06. The minimum Gasteiger partial charge on any atom is -0.491 e. The van der Waals surface area contributed by atoms with Crippen LogP contribution in [0.2, 0.25) is 0 Å². The predicted octanol–water partition coefficient (Wildman–Crippen LogP) is 4.44. The van der Waals surface area contributed by atoms with Gasteiger partial charge in [0.25, 0.3) is 10.9 Å². The van der Waals surface area contributed by atoms with Gasteiger partial charge in [0, 0.05) is 49.0 Å². The van der Waals surface area contributed by atoms with Crippen LogP contribution in [0.15, 0.2) is 94.6 Å². The average molecular weight is 612 g/mol. The third kappa shape index (κ3) is 4.64.